The van der Waals surface area contributed by atoms with Crippen molar-refractivity contribution < 1.29 is 9.21 Å². The molecule has 0 aliphatic heterocycles. The maximum Gasteiger partial charge on any atom is 0.267 e. The number of rotatable bonds is 4. The Morgan fingerprint density at radius 2 is 2.16 bits per heavy atom. The summed E-state index contributed by atoms with van der Waals surface area (Å²) in [6.45, 7) is 2.01. The second-order valence-corrected chi connectivity index (χ2v) is 7.80. The van der Waals surface area contributed by atoms with Crippen LogP contribution in [0, 0.1) is 12.3 Å². The van der Waals surface area contributed by atoms with Crippen molar-refractivity contribution in [3.8, 4) is 0 Å². The van der Waals surface area contributed by atoms with Gasteiger partial charge < -0.3 is 8.98 Å². The van der Waals surface area contributed by atoms with Gasteiger partial charge in [0.1, 0.15) is 22.5 Å². The number of thiazole rings is 1. The van der Waals surface area contributed by atoms with E-state index < -0.39 is 5.91 Å². The highest BCUT2D eigenvalue weighted by Crippen LogP contribution is 2.16. The SMILES string of the molecule is Cc1cccn2c(=O)c3cc(C(=O)Nc4nccs4)c(=N)n(Cc4ccco4)c3nc12. The van der Waals surface area contributed by atoms with Gasteiger partial charge in [0.05, 0.1) is 23.8 Å². The third-order valence-electron chi connectivity index (χ3n) is 4.93. The average Bonchev–Trinajstić information content (AvgIpc) is 3.45. The van der Waals surface area contributed by atoms with Crippen LogP contribution in [-0.2, 0) is 6.54 Å². The van der Waals surface area contributed by atoms with Gasteiger partial charge in [0.2, 0.25) is 0 Å². The van der Waals surface area contributed by atoms with Crippen LogP contribution in [0.4, 0.5) is 5.13 Å². The number of fused-ring (bicyclic) bond motifs is 2. The van der Waals surface area contributed by atoms with Crippen LogP contribution >= 0.6 is 11.3 Å². The normalized spacial score (nSPS) is 11.3. The second kappa shape index (κ2) is 7.33. The van der Waals surface area contributed by atoms with Gasteiger partial charge in [0, 0.05) is 17.8 Å². The Labute approximate surface area is 178 Å². The van der Waals surface area contributed by atoms with Crippen molar-refractivity contribution in [2.45, 2.75) is 13.5 Å². The maximum absolute atomic E-state index is 13.3. The van der Waals surface area contributed by atoms with Gasteiger partial charge in [0.25, 0.3) is 11.5 Å². The van der Waals surface area contributed by atoms with Crippen LogP contribution in [0.5, 0.6) is 0 Å². The Bertz CT molecular complexity index is 1550. The van der Waals surface area contributed by atoms with Crippen molar-refractivity contribution in [2.24, 2.45) is 0 Å². The molecule has 5 heterocycles. The number of aromatic nitrogens is 4. The van der Waals surface area contributed by atoms with E-state index in [1.54, 1.807) is 36.0 Å². The molecule has 10 heteroatoms. The molecule has 0 unspecified atom stereocenters. The van der Waals surface area contributed by atoms with Crippen LogP contribution in [0.2, 0.25) is 0 Å². The molecule has 0 aromatic carbocycles. The van der Waals surface area contributed by atoms with Crippen LogP contribution in [-0.4, -0.2) is 24.8 Å². The number of furan rings is 1. The van der Waals surface area contributed by atoms with Crippen LogP contribution < -0.4 is 16.4 Å². The van der Waals surface area contributed by atoms with Crippen LogP contribution in [0.1, 0.15) is 21.7 Å². The first-order valence-corrected chi connectivity index (χ1v) is 10.2. The van der Waals surface area contributed by atoms with Gasteiger partial charge in [-0.1, -0.05) is 6.07 Å². The van der Waals surface area contributed by atoms with E-state index in [0.29, 0.717) is 22.2 Å². The summed E-state index contributed by atoms with van der Waals surface area (Å²) in [7, 11) is 0. The molecule has 0 saturated carbocycles. The van der Waals surface area contributed by atoms with Crippen LogP contribution in [0.15, 0.2) is 63.6 Å². The summed E-state index contributed by atoms with van der Waals surface area (Å²) in [5.74, 6) is 0.0489. The number of nitrogens with zero attached hydrogens (tertiary/aromatic N) is 4. The fourth-order valence-electron chi connectivity index (χ4n) is 3.43. The minimum Gasteiger partial charge on any atom is -0.467 e. The Kier molecular flexibility index (Phi) is 4.48. The maximum atomic E-state index is 13.3. The zero-order valence-corrected chi connectivity index (χ0v) is 17.1. The number of hydrogen-bond acceptors (Lipinski definition) is 7. The molecule has 0 atom stereocenters. The van der Waals surface area contributed by atoms with E-state index in [1.807, 2.05) is 13.0 Å². The fourth-order valence-corrected chi connectivity index (χ4v) is 3.96. The minimum atomic E-state index is -0.524. The third-order valence-corrected chi connectivity index (χ3v) is 5.61. The van der Waals surface area contributed by atoms with Crippen molar-refractivity contribution in [3.63, 3.8) is 0 Å². The zero-order valence-electron chi connectivity index (χ0n) is 16.3. The monoisotopic (exact) mass is 432 g/mol. The molecule has 0 bridgehead atoms. The van der Waals surface area contributed by atoms with E-state index in [0.717, 1.165) is 5.56 Å². The topological polar surface area (TPSA) is 118 Å². The number of aryl methyl sites for hydroxylation is 1. The van der Waals surface area contributed by atoms with Gasteiger partial charge in [-0.15, -0.1) is 11.3 Å². The molecule has 31 heavy (non-hydrogen) atoms. The van der Waals surface area contributed by atoms with Gasteiger partial charge in [-0.05, 0) is 36.8 Å². The molecule has 2 N–H and O–H groups in total. The minimum absolute atomic E-state index is 0.0424. The van der Waals surface area contributed by atoms with E-state index in [1.165, 1.54) is 32.6 Å². The van der Waals surface area contributed by atoms with Crippen molar-refractivity contribution in [1.29, 1.82) is 5.41 Å². The lowest BCUT2D eigenvalue weighted by molar-refractivity contribution is 0.102. The number of hydrogen-bond donors (Lipinski definition) is 2. The number of anilines is 1. The summed E-state index contributed by atoms with van der Waals surface area (Å²) in [6, 6.07) is 8.55. The highest BCUT2D eigenvalue weighted by Gasteiger charge is 2.19. The zero-order chi connectivity index (χ0) is 21.5. The molecular formula is C21H16N6O3S. The van der Waals surface area contributed by atoms with Gasteiger partial charge in [-0.25, -0.2) is 9.97 Å². The molecule has 9 nitrogen and oxygen atoms in total. The quantitative estimate of drug-likeness (QED) is 0.423. The van der Waals surface area contributed by atoms with Crippen molar-refractivity contribution in [3.05, 3.63) is 87.1 Å². The number of amides is 1. The summed E-state index contributed by atoms with van der Waals surface area (Å²) in [4.78, 5) is 34.9. The van der Waals surface area contributed by atoms with E-state index in [2.05, 4.69) is 15.3 Å². The number of pyridine rings is 2. The molecule has 5 aromatic heterocycles. The second-order valence-electron chi connectivity index (χ2n) is 6.90. The van der Waals surface area contributed by atoms with E-state index in [-0.39, 0.29) is 28.5 Å². The number of carbonyl (C=O) groups is 1. The van der Waals surface area contributed by atoms with E-state index in [4.69, 9.17) is 9.83 Å². The summed E-state index contributed by atoms with van der Waals surface area (Å²) in [5, 5.41) is 13.8. The van der Waals surface area contributed by atoms with Crippen molar-refractivity contribution in [2.75, 3.05) is 5.32 Å². The van der Waals surface area contributed by atoms with Gasteiger partial charge in [-0.2, -0.15) is 0 Å². The van der Waals surface area contributed by atoms with Gasteiger partial charge in [-0.3, -0.25) is 24.7 Å². The summed E-state index contributed by atoms with van der Waals surface area (Å²) < 4.78 is 8.40. The largest absolute Gasteiger partial charge is 0.467 e. The molecule has 0 fully saturated rings. The van der Waals surface area contributed by atoms with Crippen molar-refractivity contribution >= 4 is 39.1 Å². The predicted molar refractivity (Wildman–Crippen MR) is 115 cm³/mol. The smallest absolute Gasteiger partial charge is 0.267 e. The standard InChI is InChI=1S/C21H16N6O3S/c1-12-4-2-7-26-17(12)24-18-15(20(26)29)10-14(19(28)25-21-23-6-9-31-21)16(22)27(18)11-13-5-3-8-30-13/h2-10,22H,11H2,1H3,(H,23,25,28). The van der Waals surface area contributed by atoms with E-state index >= 15 is 0 Å². The first kappa shape index (κ1) is 18.9. The summed E-state index contributed by atoms with van der Waals surface area (Å²) >= 11 is 1.27. The predicted octanol–water partition coefficient (Wildman–Crippen LogP) is 2.79. The molecule has 0 aliphatic carbocycles. The molecular weight excluding hydrogens is 416 g/mol. The number of carbonyl (C=O) groups excluding carboxylic acids is 1. The van der Waals surface area contributed by atoms with E-state index in [9.17, 15) is 9.59 Å². The molecule has 0 spiro atoms. The average molecular weight is 432 g/mol. The number of nitrogens with one attached hydrogen (secondary N) is 2. The Balaban J connectivity index is 1.80. The molecule has 0 radical (unpaired) electrons. The molecule has 154 valence electrons. The Morgan fingerprint density at radius 1 is 1.29 bits per heavy atom. The third kappa shape index (κ3) is 3.22. The van der Waals surface area contributed by atoms with Gasteiger partial charge >= 0.3 is 0 Å². The Hall–Kier alpha value is -4.05. The lowest BCUT2D eigenvalue weighted by atomic mass is 10.2. The lowest BCUT2D eigenvalue weighted by Crippen LogP contribution is -2.32. The molecule has 1 amide bonds. The first-order valence-electron chi connectivity index (χ1n) is 9.36. The highest BCUT2D eigenvalue weighted by molar-refractivity contribution is 7.13. The molecule has 0 aliphatic rings. The van der Waals surface area contributed by atoms with Crippen LogP contribution in [0.3, 0.4) is 0 Å². The van der Waals surface area contributed by atoms with Crippen molar-refractivity contribution in [1.82, 2.24) is 18.9 Å². The molecule has 5 aromatic rings. The van der Waals surface area contributed by atoms with Crippen LogP contribution in [0.25, 0.3) is 16.7 Å². The Morgan fingerprint density at radius 3 is 2.90 bits per heavy atom. The molecule has 0 saturated heterocycles. The fraction of sp³-hybridized carbons (Fsp3) is 0.0952. The lowest BCUT2D eigenvalue weighted by Gasteiger charge is -2.14. The first-order chi connectivity index (χ1) is 15.0. The summed E-state index contributed by atoms with van der Waals surface area (Å²) in [5.41, 5.74) is 1.27. The highest BCUT2D eigenvalue weighted by atomic mass is 32.1. The van der Waals surface area contributed by atoms with Gasteiger partial charge in [0.15, 0.2) is 5.13 Å². The molecule has 5 rings (SSSR count). The summed E-state index contributed by atoms with van der Waals surface area (Å²) in [6.07, 6.45) is 4.74.